The molecular formula is C28H23N3O3. The lowest BCUT2D eigenvalue weighted by molar-refractivity contribution is -0.122. The number of aryl methyl sites for hydroxylation is 1. The van der Waals surface area contributed by atoms with Crippen molar-refractivity contribution in [2.24, 2.45) is 5.92 Å². The molecule has 1 saturated heterocycles. The summed E-state index contributed by atoms with van der Waals surface area (Å²) < 4.78 is 0. The standard InChI is InChI=1S/C28H23N3O3/c1-16-10-12-22-18(15-16)11-13-23-28(19-7-3-4-8-20(19)30-27(28)34)24(25(17(2)32)31(22)23)26(33)21-9-5-6-14-29-21/h3-15,23-25H,1-2H3,(H,30,34)/t23-,24+,25+,28-/m0/s1. The Labute approximate surface area is 197 Å². The normalized spacial score (nSPS) is 26.1. The summed E-state index contributed by atoms with van der Waals surface area (Å²) in [5.74, 6) is -1.66. The molecule has 3 aliphatic heterocycles. The molecule has 4 heterocycles. The van der Waals surface area contributed by atoms with Crippen LogP contribution in [0.2, 0.25) is 0 Å². The lowest BCUT2D eigenvalue weighted by Crippen LogP contribution is -2.51. The predicted molar refractivity (Wildman–Crippen MR) is 130 cm³/mol. The SMILES string of the molecule is CC(=O)[C@@H]1[C@H](C(=O)c2ccccn2)[C@@]2(C(=O)Nc3ccccc32)[C@@H]2C=Cc3cc(C)ccc3N12. The summed E-state index contributed by atoms with van der Waals surface area (Å²) in [7, 11) is 0. The van der Waals surface area contributed by atoms with Gasteiger partial charge in [0.25, 0.3) is 0 Å². The summed E-state index contributed by atoms with van der Waals surface area (Å²) in [6, 6.07) is 17.3. The highest BCUT2D eigenvalue weighted by Gasteiger charge is 2.70. The molecule has 6 rings (SSSR count). The maximum absolute atomic E-state index is 14.1. The van der Waals surface area contributed by atoms with Crippen LogP contribution in [0.4, 0.5) is 11.4 Å². The van der Waals surface area contributed by atoms with Crippen molar-refractivity contribution < 1.29 is 14.4 Å². The highest BCUT2D eigenvalue weighted by atomic mass is 16.2. The summed E-state index contributed by atoms with van der Waals surface area (Å²) in [6.07, 6.45) is 5.54. The number of carbonyl (C=O) groups excluding carboxylic acids is 3. The molecule has 6 heteroatoms. The number of nitrogens with one attached hydrogen (secondary N) is 1. The quantitative estimate of drug-likeness (QED) is 0.613. The van der Waals surface area contributed by atoms with Gasteiger partial charge in [-0.1, -0.05) is 48.0 Å². The van der Waals surface area contributed by atoms with Crippen molar-refractivity contribution >= 4 is 34.9 Å². The summed E-state index contributed by atoms with van der Waals surface area (Å²) in [5, 5.41) is 3.01. The second-order valence-electron chi connectivity index (χ2n) is 9.25. The fourth-order valence-corrected chi connectivity index (χ4v) is 6.12. The Bertz CT molecular complexity index is 1400. The lowest BCUT2D eigenvalue weighted by Gasteiger charge is -2.37. The number of pyridine rings is 1. The van der Waals surface area contributed by atoms with Crippen molar-refractivity contribution in [3.8, 4) is 0 Å². The van der Waals surface area contributed by atoms with Gasteiger partial charge in [-0.3, -0.25) is 19.4 Å². The first-order valence-electron chi connectivity index (χ1n) is 11.4. The third kappa shape index (κ3) is 2.56. The van der Waals surface area contributed by atoms with Gasteiger partial charge >= 0.3 is 0 Å². The minimum Gasteiger partial charge on any atom is -0.352 e. The number of anilines is 2. The molecule has 6 nitrogen and oxygen atoms in total. The maximum atomic E-state index is 14.1. The van der Waals surface area contributed by atoms with Gasteiger partial charge in [0.15, 0.2) is 11.6 Å². The van der Waals surface area contributed by atoms with Gasteiger partial charge in [-0.2, -0.15) is 0 Å². The van der Waals surface area contributed by atoms with E-state index in [0.717, 1.165) is 22.4 Å². The van der Waals surface area contributed by atoms with E-state index in [1.807, 2.05) is 60.4 Å². The molecule has 0 radical (unpaired) electrons. The van der Waals surface area contributed by atoms with E-state index in [1.54, 1.807) is 24.4 Å². The third-order valence-corrected chi connectivity index (χ3v) is 7.40. The van der Waals surface area contributed by atoms with Crippen LogP contribution >= 0.6 is 0 Å². The van der Waals surface area contributed by atoms with Crippen molar-refractivity contribution in [2.75, 3.05) is 10.2 Å². The van der Waals surface area contributed by atoms with Crippen molar-refractivity contribution in [1.82, 2.24) is 4.98 Å². The number of benzene rings is 2. The van der Waals surface area contributed by atoms with Crippen molar-refractivity contribution in [3.05, 3.63) is 95.3 Å². The van der Waals surface area contributed by atoms with E-state index in [9.17, 15) is 14.4 Å². The second-order valence-corrected chi connectivity index (χ2v) is 9.25. The number of nitrogens with zero attached hydrogens (tertiary/aromatic N) is 2. The first-order valence-corrected chi connectivity index (χ1v) is 11.4. The molecule has 34 heavy (non-hydrogen) atoms. The molecule has 1 aromatic heterocycles. The van der Waals surface area contributed by atoms with E-state index >= 15 is 0 Å². The fourth-order valence-electron chi connectivity index (χ4n) is 6.12. The molecule has 1 spiro atoms. The maximum Gasteiger partial charge on any atom is 0.238 e. The Kier molecular flexibility index (Phi) is 4.36. The van der Waals surface area contributed by atoms with Crippen LogP contribution in [0.25, 0.3) is 6.08 Å². The monoisotopic (exact) mass is 449 g/mol. The second kappa shape index (κ2) is 7.22. The Morgan fingerprint density at radius 3 is 2.62 bits per heavy atom. The Morgan fingerprint density at radius 2 is 1.85 bits per heavy atom. The molecule has 3 aliphatic rings. The van der Waals surface area contributed by atoms with Crippen LogP contribution in [0.3, 0.4) is 0 Å². The van der Waals surface area contributed by atoms with E-state index in [0.29, 0.717) is 5.69 Å². The molecule has 168 valence electrons. The van der Waals surface area contributed by atoms with Crippen LogP contribution in [0, 0.1) is 12.8 Å². The van der Waals surface area contributed by atoms with Crippen LogP contribution in [0.1, 0.15) is 34.1 Å². The van der Waals surface area contributed by atoms with Gasteiger partial charge in [-0.05, 0) is 55.3 Å². The molecule has 0 saturated carbocycles. The Morgan fingerprint density at radius 1 is 1.06 bits per heavy atom. The van der Waals surface area contributed by atoms with Crippen LogP contribution in [0.15, 0.2) is 72.9 Å². The molecule has 2 aromatic carbocycles. The number of rotatable bonds is 3. The molecule has 3 aromatic rings. The van der Waals surface area contributed by atoms with E-state index in [2.05, 4.69) is 16.4 Å². The molecular weight excluding hydrogens is 426 g/mol. The molecule has 1 fully saturated rings. The van der Waals surface area contributed by atoms with Crippen LogP contribution in [-0.4, -0.2) is 34.5 Å². The van der Waals surface area contributed by atoms with Gasteiger partial charge in [0.05, 0.1) is 18.0 Å². The topological polar surface area (TPSA) is 79.4 Å². The molecule has 1 amide bonds. The number of ketones is 2. The van der Waals surface area contributed by atoms with E-state index in [1.165, 1.54) is 6.92 Å². The average molecular weight is 450 g/mol. The number of carbonyl (C=O) groups is 3. The number of hydrogen-bond acceptors (Lipinski definition) is 5. The number of fused-ring (bicyclic) bond motifs is 6. The summed E-state index contributed by atoms with van der Waals surface area (Å²) in [4.78, 5) is 47.7. The van der Waals surface area contributed by atoms with Gasteiger partial charge in [-0.25, -0.2) is 0 Å². The van der Waals surface area contributed by atoms with E-state index < -0.39 is 23.4 Å². The van der Waals surface area contributed by atoms with Crippen molar-refractivity contribution in [3.63, 3.8) is 0 Å². The van der Waals surface area contributed by atoms with Gasteiger partial charge in [-0.15, -0.1) is 0 Å². The van der Waals surface area contributed by atoms with E-state index in [4.69, 9.17) is 0 Å². The first-order chi connectivity index (χ1) is 16.4. The molecule has 0 aliphatic carbocycles. The minimum atomic E-state index is -1.26. The van der Waals surface area contributed by atoms with Crippen molar-refractivity contribution in [1.29, 1.82) is 0 Å². The molecule has 0 unspecified atom stereocenters. The van der Waals surface area contributed by atoms with Crippen LogP contribution < -0.4 is 10.2 Å². The lowest BCUT2D eigenvalue weighted by atomic mass is 9.64. The van der Waals surface area contributed by atoms with Gasteiger partial charge in [0.2, 0.25) is 5.91 Å². The van der Waals surface area contributed by atoms with Gasteiger partial charge in [0.1, 0.15) is 11.1 Å². The largest absolute Gasteiger partial charge is 0.352 e. The van der Waals surface area contributed by atoms with Crippen LogP contribution in [0.5, 0.6) is 0 Å². The van der Waals surface area contributed by atoms with E-state index in [-0.39, 0.29) is 23.2 Å². The number of amides is 1. The smallest absolute Gasteiger partial charge is 0.238 e. The highest BCUT2D eigenvalue weighted by Crippen LogP contribution is 2.57. The Hall–Kier alpha value is -4.06. The molecule has 4 atom stereocenters. The summed E-state index contributed by atoms with van der Waals surface area (Å²) in [5.41, 5.74) is 3.33. The average Bonchev–Trinajstić information content (AvgIpc) is 3.32. The fraction of sp³-hybridized carbons (Fsp3) is 0.214. The van der Waals surface area contributed by atoms with Crippen molar-refractivity contribution in [2.45, 2.75) is 31.3 Å². The zero-order chi connectivity index (χ0) is 23.6. The molecule has 1 N–H and O–H groups in total. The first kappa shape index (κ1) is 20.5. The van der Waals surface area contributed by atoms with Gasteiger partial charge in [0, 0.05) is 17.6 Å². The summed E-state index contributed by atoms with van der Waals surface area (Å²) in [6.45, 7) is 3.52. The zero-order valence-electron chi connectivity index (χ0n) is 18.9. The number of Topliss-reactive ketones (excluding diaryl/α,β-unsaturated/α-hetero) is 2. The number of aromatic nitrogens is 1. The van der Waals surface area contributed by atoms with Gasteiger partial charge < -0.3 is 10.2 Å². The zero-order valence-corrected chi connectivity index (χ0v) is 18.9. The minimum absolute atomic E-state index is 0.157. The third-order valence-electron chi connectivity index (χ3n) is 7.40. The Balaban J connectivity index is 1.67. The predicted octanol–water partition coefficient (Wildman–Crippen LogP) is 3.95. The van der Waals surface area contributed by atoms with Crippen LogP contribution in [-0.2, 0) is 15.0 Å². The highest BCUT2D eigenvalue weighted by molar-refractivity contribution is 6.16. The molecule has 0 bridgehead atoms. The number of hydrogen-bond donors (Lipinski definition) is 1. The summed E-state index contributed by atoms with van der Waals surface area (Å²) >= 11 is 0. The number of para-hydroxylation sites is 1.